The van der Waals surface area contributed by atoms with Crippen LogP contribution in [-0.2, 0) is 0 Å². The first-order valence-corrected chi connectivity index (χ1v) is 7.46. The van der Waals surface area contributed by atoms with Crippen LogP contribution in [-0.4, -0.2) is 23.8 Å². The van der Waals surface area contributed by atoms with Crippen LogP contribution in [0.2, 0.25) is 0 Å². The minimum Gasteiger partial charge on any atom is -0.389 e. The molecule has 1 aliphatic carbocycles. The van der Waals surface area contributed by atoms with Gasteiger partial charge in [-0.3, -0.25) is 0 Å². The third-order valence-corrected chi connectivity index (χ3v) is 4.21. The largest absolute Gasteiger partial charge is 0.389 e. The molecule has 1 saturated carbocycles. The lowest BCUT2D eigenvalue weighted by Gasteiger charge is -2.40. The van der Waals surface area contributed by atoms with E-state index in [-0.39, 0.29) is 0 Å². The maximum atomic E-state index is 10.5. The number of aliphatic hydroxyl groups is 1. The van der Waals surface area contributed by atoms with E-state index in [9.17, 15) is 5.11 Å². The van der Waals surface area contributed by atoms with Crippen molar-refractivity contribution in [2.45, 2.75) is 45.1 Å². The molecule has 0 radical (unpaired) electrons. The highest BCUT2D eigenvalue weighted by Crippen LogP contribution is 2.39. The van der Waals surface area contributed by atoms with Crippen molar-refractivity contribution in [2.75, 3.05) is 13.1 Å². The molecule has 0 saturated heterocycles. The van der Waals surface area contributed by atoms with Gasteiger partial charge in [-0.1, -0.05) is 43.9 Å². The molecule has 0 heterocycles. The van der Waals surface area contributed by atoms with Crippen LogP contribution in [0.5, 0.6) is 0 Å². The molecule has 2 nitrogen and oxygen atoms in total. The maximum Gasteiger partial charge on any atom is 0.0772 e. The van der Waals surface area contributed by atoms with Gasteiger partial charge < -0.3 is 10.4 Å². The Labute approximate surface area is 122 Å². The highest BCUT2D eigenvalue weighted by atomic mass is 16.3. The van der Waals surface area contributed by atoms with E-state index < -0.39 is 5.60 Å². The van der Waals surface area contributed by atoms with Gasteiger partial charge in [0, 0.05) is 12.1 Å². The van der Waals surface area contributed by atoms with Crippen LogP contribution in [0.4, 0.5) is 0 Å². The minimum absolute atomic E-state index is 0.388. The van der Waals surface area contributed by atoms with Crippen molar-refractivity contribution in [3.05, 3.63) is 35.9 Å². The van der Waals surface area contributed by atoms with Crippen LogP contribution in [0.25, 0.3) is 0 Å². The summed E-state index contributed by atoms with van der Waals surface area (Å²) in [4.78, 5) is 0. The predicted octanol–water partition coefficient (Wildman–Crippen LogP) is 2.96. The summed E-state index contributed by atoms with van der Waals surface area (Å²) < 4.78 is 0. The van der Waals surface area contributed by atoms with E-state index in [2.05, 4.69) is 31.0 Å². The second kappa shape index (κ2) is 6.43. The van der Waals surface area contributed by atoms with Crippen molar-refractivity contribution < 1.29 is 5.11 Å². The molecule has 2 rings (SSSR count). The van der Waals surface area contributed by atoms with E-state index in [1.165, 1.54) is 0 Å². The Morgan fingerprint density at radius 3 is 2.40 bits per heavy atom. The molecule has 0 atom stereocenters. The van der Waals surface area contributed by atoms with Gasteiger partial charge in [0.25, 0.3) is 0 Å². The van der Waals surface area contributed by atoms with Crippen molar-refractivity contribution in [3.63, 3.8) is 0 Å². The fourth-order valence-electron chi connectivity index (χ4n) is 2.59. The Morgan fingerprint density at radius 1 is 1.10 bits per heavy atom. The zero-order chi connectivity index (χ0) is 14.5. The molecule has 2 heteroatoms. The Morgan fingerprint density at radius 2 is 1.75 bits per heavy atom. The summed E-state index contributed by atoms with van der Waals surface area (Å²) >= 11 is 0. The Bertz CT molecular complexity index is 471. The van der Waals surface area contributed by atoms with Crippen LogP contribution in [0.3, 0.4) is 0 Å². The van der Waals surface area contributed by atoms with Gasteiger partial charge in [0.05, 0.1) is 12.1 Å². The smallest absolute Gasteiger partial charge is 0.0772 e. The number of nitrogens with one attached hydrogen (secondary N) is 1. The quantitative estimate of drug-likeness (QED) is 0.654. The van der Waals surface area contributed by atoms with Gasteiger partial charge in [-0.05, 0) is 43.2 Å². The predicted molar refractivity (Wildman–Crippen MR) is 83.4 cm³/mol. The number of hydrogen-bond donors (Lipinski definition) is 2. The molecular weight excluding hydrogens is 246 g/mol. The Hall–Kier alpha value is -1.30. The molecule has 108 valence electrons. The lowest BCUT2D eigenvalue weighted by molar-refractivity contribution is -0.0235. The van der Waals surface area contributed by atoms with E-state index in [1.54, 1.807) is 0 Å². The van der Waals surface area contributed by atoms with Gasteiger partial charge >= 0.3 is 0 Å². The summed E-state index contributed by atoms with van der Waals surface area (Å²) in [5.41, 5.74) is 0.885. The van der Waals surface area contributed by atoms with Crippen LogP contribution >= 0.6 is 0 Å². The van der Waals surface area contributed by atoms with Crippen molar-refractivity contribution in [2.24, 2.45) is 5.41 Å². The van der Waals surface area contributed by atoms with Crippen molar-refractivity contribution in [1.82, 2.24) is 5.32 Å². The SMILES string of the molecule is CC1(C)CCC(O)(CNCC#Cc2ccccc2)CC1. The van der Waals surface area contributed by atoms with Gasteiger partial charge in [0.1, 0.15) is 0 Å². The Kier molecular flexibility index (Phi) is 4.86. The number of rotatable bonds is 3. The minimum atomic E-state index is -0.538. The van der Waals surface area contributed by atoms with Crippen LogP contribution in [0.15, 0.2) is 30.3 Å². The summed E-state index contributed by atoms with van der Waals surface area (Å²) in [7, 11) is 0. The van der Waals surface area contributed by atoms with E-state index in [1.807, 2.05) is 30.3 Å². The maximum absolute atomic E-state index is 10.5. The molecule has 0 aliphatic heterocycles. The van der Waals surface area contributed by atoms with E-state index in [0.717, 1.165) is 31.2 Å². The van der Waals surface area contributed by atoms with Crippen molar-refractivity contribution >= 4 is 0 Å². The molecule has 0 bridgehead atoms. The molecule has 1 aliphatic rings. The average Bonchev–Trinajstić information content (AvgIpc) is 2.44. The highest BCUT2D eigenvalue weighted by molar-refractivity contribution is 5.33. The van der Waals surface area contributed by atoms with Gasteiger partial charge in [-0.15, -0.1) is 0 Å². The first kappa shape index (κ1) is 15.1. The molecule has 20 heavy (non-hydrogen) atoms. The standard InChI is InChI=1S/C18H25NO/c1-17(2)10-12-18(20,13-11-17)15-19-14-6-9-16-7-4-3-5-8-16/h3-5,7-8,19-20H,10-15H2,1-2H3. The number of benzene rings is 1. The van der Waals surface area contributed by atoms with Gasteiger partial charge in [-0.2, -0.15) is 0 Å². The molecule has 1 aromatic rings. The van der Waals surface area contributed by atoms with Crippen LogP contribution < -0.4 is 5.32 Å². The molecule has 1 fully saturated rings. The molecule has 1 aromatic carbocycles. The third-order valence-electron chi connectivity index (χ3n) is 4.21. The second-order valence-electron chi connectivity index (χ2n) is 6.66. The van der Waals surface area contributed by atoms with Crippen LogP contribution in [0, 0.1) is 17.3 Å². The van der Waals surface area contributed by atoms with Crippen LogP contribution in [0.1, 0.15) is 45.1 Å². The van der Waals surface area contributed by atoms with E-state index >= 15 is 0 Å². The van der Waals surface area contributed by atoms with Gasteiger partial charge in [-0.25, -0.2) is 0 Å². The summed E-state index contributed by atoms with van der Waals surface area (Å²) in [6.45, 7) is 5.84. The topological polar surface area (TPSA) is 32.3 Å². The average molecular weight is 271 g/mol. The van der Waals surface area contributed by atoms with Gasteiger partial charge in [0.2, 0.25) is 0 Å². The fraction of sp³-hybridized carbons (Fsp3) is 0.556. The lowest BCUT2D eigenvalue weighted by Crippen LogP contribution is -2.45. The first-order chi connectivity index (χ1) is 9.49. The molecule has 0 amide bonds. The Balaban J connectivity index is 1.73. The van der Waals surface area contributed by atoms with Crippen molar-refractivity contribution in [3.8, 4) is 11.8 Å². The molecule has 0 spiro atoms. The highest BCUT2D eigenvalue weighted by Gasteiger charge is 2.36. The zero-order valence-electron chi connectivity index (χ0n) is 12.6. The molecule has 0 aromatic heterocycles. The van der Waals surface area contributed by atoms with E-state index in [4.69, 9.17) is 0 Å². The summed E-state index contributed by atoms with van der Waals surface area (Å²) in [6, 6.07) is 9.98. The van der Waals surface area contributed by atoms with Crippen molar-refractivity contribution in [1.29, 1.82) is 0 Å². The first-order valence-electron chi connectivity index (χ1n) is 7.46. The second-order valence-corrected chi connectivity index (χ2v) is 6.66. The third kappa shape index (κ3) is 4.67. The molecular formula is C18H25NO. The molecule has 2 N–H and O–H groups in total. The summed E-state index contributed by atoms with van der Waals surface area (Å²) in [5, 5.41) is 13.8. The monoisotopic (exact) mass is 271 g/mol. The summed E-state index contributed by atoms with van der Waals surface area (Å²) in [5.74, 6) is 6.22. The zero-order valence-corrected chi connectivity index (χ0v) is 12.6. The molecule has 0 unspecified atom stereocenters. The summed E-state index contributed by atoms with van der Waals surface area (Å²) in [6.07, 6.45) is 3.97. The van der Waals surface area contributed by atoms with Gasteiger partial charge in [0.15, 0.2) is 0 Å². The lowest BCUT2D eigenvalue weighted by atomic mass is 9.71. The number of hydrogen-bond acceptors (Lipinski definition) is 2. The van der Waals surface area contributed by atoms with E-state index in [0.29, 0.717) is 18.5 Å². The normalized spacial score (nSPS) is 19.9. The fourth-order valence-corrected chi connectivity index (χ4v) is 2.59.